The lowest BCUT2D eigenvalue weighted by Crippen LogP contribution is -2.31. The summed E-state index contributed by atoms with van der Waals surface area (Å²) in [5.74, 6) is -0.158. The zero-order chi connectivity index (χ0) is 14.1. The van der Waals surface area contributed by atoms with Crippen LogP contribution in [0, 0.1) is 0 Å². The van der Waals surface area contributed by atoms with E-state index >= 15 is 0 Å². The van der Waals surface area contributed by atoms with Gasteiger partial charge in [-0.2, -0.15) is 5.10 Å². The van der Waals surface area contributed by atoms with Crippen LogP contribution in [0.5, 0.6) is 0 Å². The molecule has 0 saturated carbocycles. The molecular formula is C14H18N4O2. The molecule has 2 aromatic rings. The Morgan fingerprint density at radius 2 is 2.35 bits per heavy atom. The highest BCUT2D eigenvalue weighted by Gasteiger charge is 2.24. The van der Waals surface area contributed by atoms with E-state index in [4.69, 9.17) is 5.11 Å². The number of nitrogens with zero attached hydrogens (tertiary/aromatic N) is 4. The molecule has 3 rings (SSSR count). The molecular weight excluding hydrogens is 256 g/mol. The van der Waals surface area contributed by atoms with Crippen LogP contribution in [0.1, 0.15) is 35.9 Å². The van der Waals surface area contributed by atoms with Crippen molar-refractivity contribution in [2.75, 3.05) is 13.1 Å². The number of carbonyl (C=O) groups is 1. The van der Waals surface area contributed by atoms with Crippen LogP contribution in [-0.4, -0.2) is 49.7 Å². The van der Waals surface area contributed by atoms with Crippen LogP contribution < -0.4 is 0 Å². The molecule has 0 aliphatic carbocycles. The van der Waals surface area contributed by atoms with Gasteiger partial charge in [0.25, 0.3) is 0 Å². The number of pyridine rings is 1. The van der Waals surface area contributed by atoms with Crippen LogP contribution in [-0.2, 0) is 6.42 Å². The highest BCUT2D eigenvalue weighted by molar-refractivity contribution is 5.87. The SMILES string of the molecule is CCN1CCCC1Cc1nc2ccc(C(=O)O)cn2n1. The first kappa shape index (κ1) is 13.1. The average Bonchev–Trinajstić information content (AvgIpc) is 3.03. The van der Waals surface area contributed by atoms with Crippen molar-refractivity contribution in [2.24, 2.45) is 0 Å². The Hall–Kier alpha value is -1.95. The van der Waals surface area contributed by atoms with E-state index in [2.05, 4.69) is 21.9 Å². The van der Waals surface area contributed by atoms with E-state index in [0.717, 1.165) is 25.3 Å². The van der Waals surface area contributed by atoms with E-state index in [-0.39, 0.29) is 5.56 Å². The number of hydrogen-bond donors (Lipinski definition) is 1. The molecule has 1 saturated heterocycles. The van der Waals surface area contributed by atoms with Gasteiger partial charge >= 0.3 is 5.97 Å². The molecule has 20 heavy (non-hydrogen) atoms. The molecule has 1 N–H and O–H groups in total. The summed E-state index contributed by atoms with van der Waals surface area (Å²) in [6.07, 6.45) is 4.76. The fraction of sp³-hybridized carbons (Fsp3) is 0.500. The lowest BCUT2D eigenvalue weighted by molar-refractivity contribution is 0.0696. The van der Waals surface area contributed by atoms with Crippen molar-refractivity contribution >= 4 is 11.6 Å². The van der Waals surface area contributed by atoms with Gasteiger partial charge in [0.05, 0.1) is 5.56 Å². The van der Waals surface area contributed by atoms with Gasteiger partial charge in [-0.15, -0.1) is 0 Å². The van der Waals surface area contributed by atoms with Crippen LogP contribution in [0.4, 0.5) is 0 Å². The third-order valence-electron chi connectivity index (χ3n) is 3.95. The smallest absolute Gasteiger partial charge is 0.337 e. The summed E-state index contributed by atoms with van der Waals surface area (Å²) in [4.78, 5) is 17.9. The Bertz CT molecular complexity index is 637. The summed E-state index contributed by atoms with van der Waals surface area (Å²) < 4.78 is 1.56. The second kappa shape index (κ2) is 5.20. The van der Waals surface area contributed by atoms with Gasteiger partial charge in [-0.3, -0.25) is 0 Å². The number of fused-ring (bicyclic) bond motifs is 1. The fourth-order valence-electron chi connectivity index (χ4n) is 2.90. The zero-order valence-electron chi connectivity index (χ0n) is 11.5. The Morgan fingerprint density at radius 3 is 3.10 bits per heavy atom. The molecule has 1 unspecified atom stereocenters. The summed E-state index contributed by atoms with van der Waals surface area (Å²) in [6, 6.07) is 3.77. The van der Waals surface area contributed by atoms with E-state index in [1.165, 1.54) is 19.0 Å². The van der Waals surface area contributed by atoms with Crippen LogP contribution in [0.3, 0.4) is 0 Å². The maximum atomic E-state index is 10.9. The van der Waals surface area contributed by atoms with Crippen molar-refractivity contribution in [2.45, 2.75) is 32.2 Å². The highest BCUT2D eigenvalue weighted by atomic mass is 16.4. The third-order valence-corrected chi connectivity index (χ3v) is 3.95. The Morgan fingerprint density at radius 1 is 1.50 bits per heavy atom. The molecule has 1 atom stereocenters. The van der Waals surface area contributed by atoms with Crippen molar-refractivity contribution in [1.29, 1.82) is 0 Å². The minimum atomic E-state index is -0.947. The lowest BCUT2D eigenvalue weighted by atomic mass is 10.1. The first-order valence-electron chi connectivity index (χ1n) is 7.00. The largest absolute Gasteiger partial charge is 0.478 e. The number of aromatic carboxylic acids is 1. The topological polar surface area (TPSA) is 70.7 Å². The van der Waals surface area contributed by atoms with Crippen LogP contribution in [0.25, 0.3) is 5.65 Å². The number of likely N-dealkylation sites (tertiary alicyclic amines) is 1. The molecule has 0 bridgehead atoms. The molecule has 0 spiro atoms. The standard InChI is InChI=1S/C14H18N4O2/c1-2-17-7-3-4-11(17)8-12-15-13-6-5-10(14(19)20)9-18(13)16-12/h5-6,9,11H,2-4,7-8H2,1H3,(H,19,20). The average molecular weight is 274 g/mol. The molecule has 1 aliphatic rings. The van der Waals surface area contributed by atoms with Gasteiger partial charge in [-0.05, 0) is 38.1 Å². The molecule has 3 heterocycles. The number of carboxylic acids is 1. The Labute approximate surface area is 117 Å². The number of aromatic nitrogens is 3. The number of rotatable bonds is 4. The van der Waals surface area contributed by atoms with Crippen LogP contribution in [0.2, 0.25) is 0 Å². The summed E-state index contributed by atoms with van der Waals surface area (Å²) in [5.41, 5.74) is 0.927. The molecule has 6 heteroatoms. The summed E-state index contributed by atoms with van der Waals surface area (Å²) in [6.45, 7) is 4.38. The molecule has 106 valence electrons. The second-order valence-corrected chi connectivity index (χ2v) is 5.18. The van der Waals surface area contributed by atoms with Crippen molar-refractivity contribution in [3.8, 4) is 0 Å². The lowest BCUT2D eigenvalue weighted by Gasteiger charge is -2.21. The molecule has 1 fully saturated rings. The zero-order valence-corrected chi connectivity index (χ0v) is 11.5. The van der Waals surface area contributed by atoms with Gasteiger partial charge in [0.15, 0.2) is 11.5 Å². The minimum Gasteiger partial charge on any atom is -0.478 e. The molecule has 0 amide bonds. The Kier molecular flexibility index (Phi) is 3.40. The van der Waals surface area contributed by atoms with E-state index in [0.29, 0.717) is 11.7 Å². The molecule has 0 aromatic carbocycles. The normalized spacial score (nSPS) is 19.8. The number of carboxylic acid groups (broad SMARTS) is 1. The number of likely N-dealkylation sites (N-methyl/N-ethyl adjacent to an activating group) is 1. The van der Waals surface area contributed by atoms with Crippen LogP contribution >= 0.6 is 0 Å². The summed E-state index contributed by atoms with van der Waals surface area (Å²) in [5, 5.41) is 13.4. The fourth-order valence-corrected chi connectivity index (χ4v) is 2.90. The van der Waals surface area contributed by atoms with E-state index in [1.807, 2.05) is 0 Å². The van der Waals surface area contributed by atoms with Crippen molar-refractivity contribution in [3.63, 3.8) is 0 Å². The molecule has 1 aliphatic heterocycles. The maximum Gasteiger partial charge on any atom is 0.337 e. The molecule has 2 aromatic heterocycles. The predicted octanol–water partition coefficient (Wildman–Crippen LogP) is 1.45. The number of hydrogen-bond acceptors (Lipinski definition) is 4. The molecule has 6 nitrogen and oxygen atoms in total. The second-order valence-electron chi connectivity index (χ2n) is 5.18. The van der Waals surface area contributed by atoms with Gasteiger partial charge in [-0.25, -0.2) is 14.3 Å². The third kappa shape index (κ3) is 2.38. The first-order valence-corrected chi connectivity index (χ1v) is 7.00. The molecule has 0 radical (unpaired) electrons. The minimum absolute atomic E-state index is 0.227. The van der Waals surface area contributed by atoms with Gasteiger partial charge in [0.2, 0.25) is 0 Å². The van der Waals surface area contributed by atoms with Gasteiger partial charge in [-0.1, -0.05) is 6.92 Å². The van der Waals surface area contributed by atoms with Crippen molar-refractivity contribution in [1.82, 2.24) is 19.5 Å². The Balaban J connectivity index is 1.84. The van der Waals surface area contributed by atoms with Crippen molar-refractivity contribution < 1.29 is 9.90 Å². The summed E-state index contributed by atoms with van der Waals surface area (Å²) in [7, 11) is 0. The van der Waals surface area contributed by atoms with Gasteiger partial charge < -0.3 is 10.0 Å². The first-order chi connectivity index (χ1) is 9.67. The van der Waals surface area contributed by atoms with Gasteiger partial charge in [0, 0.05) is 18.7 Å². The monoisotopic (exact) mass is 274 g/mol. The summed E-state index contributed by atoms with van der Waals surface area (Å²) >= 11 is 0. The van der Waals surface area contributed by atoms with E-state index in [9.17, 15) is 4.79 Å². The van der Waals surface area contributed by atoms with Crippen molar-refractivity contribution in [3.05, 3.63) is 29.7 Å². The quantitative estimate of drug-likeness (QED) is 0.913. The van der Waals surface area contributed by atoms with E-state index in [1.54, 1.807) is 16.6 Å². The van der Waals surface area contributed by atoms with Crippen LogP contribution in [0.15, 0.2) is 18.3 Å². The van der Waals surface area contributed by atoms with E-state index < -0.39 is 5.97 Å². The highest BCUT2D eigenvalue weighted by Crippen LogP contribution is 2.19. The maximum absolute atomic E-state index is 10.9. The van der Waals surface area contributed by atoms with Gasteiger partial charge in [0.1, 0.15) is 0 Å². The predicted molar refractivity (Wildman–Crippen MR) is 73.9 cm³/mol.